The minimum Gasteiger partial charge on any atom is -0.494 e. The first kappa shape index (κ1) is 23.0. The van der Waals surface area contributed by atoms with Crippen LogP contribution in [0.4, 0.5) is 11.4 Å². The van der Waals surface area contributed by atoms with Crippen LogP contribution in [0.25, 0.3) is 0 Å². The Bertz CT molecular complexity index is 716. The van der Waals surface area contributed by atoms with Crippen molar-refractivity contribution in [1.29, 1.82) is 0 Å². The van der Waals surface area contributed by atoms with Crippen molar-refractivity contribution in [1.82, 2.24) is 4.90 Å². The number of thiocarbonyl (C=S) groups is 1. The Morgan fingerprint density at radius 1 is 0.793 bits per heavy atom. The van der Waals surface area contributed by atoms with Crippen LogP contribution in [0.1, 0.15) is 33.6 Å². The van der Waals surface area contributed by atoms with Gasteiger partial charge < -0.3 is 25.0 Å². The number of benzene rings is 2. The van der Waals surface area contributed by atoms with Crippen molar-refractivity contribution in [3.05, 3.63) is 48.5 Å². The monoisotopic (exact) mass is 415 g/mol. The number of nitrogens with zero attached hydrogens (tertiary/aromatic N) is 1. The van der Waals surface area contributed by atoms with Crippen molar-refractivity contribution < 1.29 is 9.47 Å². The van der Waals surface area contributed by atoms with Crippen LogP contribution in [0.15, 0.2) is 48.5 Å². The Kier molecular flexibility index (Phi) is 10.3. The molecule has 0 heterocycles. The molecule has 0 spiro atoms. The van der Waals surface area contributed by atoms with Gasteiger partial charge in [-0.05, 0) is 80.3 Å². The number of rotatable bonds is 12. The number of nitrogens with one attached hydrogen (secondary N) is 2. The zero-order chi connectivity index (χ0) is 20.9. The SMILES string of the molecule is CCCCOc1ccc(NC(=S)Nc2ccc(OCCN(CC)CC)cc2)cc1. The van der Waals surface area contributed by atoms with Gasteiger partial charge in [-0.1, -0.05) is 27.2 Å². The molecule has 0 atom stereocenters. The Hall–Kier alpha value is -2.31. The number of unbranched alkanes of at least 4 members (excludes halogenated alkanes) is 1. The Morgan fingerprint density at radius 3 is 1.72 bits per heavy atom. The van der Waals surface area contributed by atoms with E-state index < -0.39 is 0 Å². The van der Waals surface area contributed by atoms with Crippen LogP contribution in [0.2, 0.25) is 0 Å². The number of likely N-dealkylation sites (N-methyl/N-ethyl adjacent to an activating group) is 1. The molecule has 0 aliphatic carbocycles. The highest BCUT2D eigenvalue weighted by molar-refractivity contribution is 7.80. The lowest BCUT2D eigenvalue weighted by molar-refractivity contribution is 0.223. The highest BCUT2D eigenvalue weighted by Gasteiger charge is 2.02. The van der Waals surface area contributed by atoms with Crippen LogP contribution in [0.3, 0.4) is 0 Å². The molecule has 0 aliphatic rings. The van der Waals surface area contributed by atoms with Gasteiger partial charge in [0.05, 0.1) is 6.61 Å². The summed E-state index contributed by atoms with van der Waals surface area (Å²) in [4.78, 5) is 2.34. The molecule has 0 bridgehead atoms. The molecule has 6 heteroatoms. The van der Waals surface area contributed by atoms with E-state index in [-0.39, 0.29) is 0 Å². The first-order valence-electron chi connectivity index (χ1n) is 10.4. The number of anilines is 2. The van der Waals surface area contributed by atoms with E-state index in [0.29, 0.717) is 11.7 Å². The van der Waals surface area contributed by atoms with Crippen LogP contribution >= 0.6 is 12.2 Å². The zero-order valence-electron chi connectivity index (χ0n) is 17.7. The zero-order valence-corrected chi connectivity index (χ0v) is 18.6. The van der Waals surface area contributed by atoms with Gasteiger partial charge in [0.1, 0.15) is 18.1 Å². The van der Waals surface area contributed by atoms with Crippen molar-refractivity contribution in [3.63, 3.8) is 0 Å². The summed E-state index contributed by atoms with van der Waals surface area (Å²) in [7, 11) is 0. The van der Waals surface area contributed by atoms with Crippen molar-refractivity contribution >= 4 is 28.7 Å². The van der Waals surface area contributed by atoms with Crippen LogP contribution < -0.4 is 20.1 Å². The first-order chi connectivity index (χ1) is 14.1. The van der Waals surface area contributed by atoms with Crippen LogP contribution in [-0.4, -0.2) is 42.9 Å². The molecular weight excluding hydrogens is 382 g/mol. The van der Waals surface area contributed by atoms with Gasteiger partial charge in [-0.15, -0.1) is 0 Å². The molecule has 158 valence electrons. The molecule has 0 aliphatic heterocycles. The summed E-state index contributed by atoms with van der Waals surface area (Å²) in [5.41, 5.74) is 1.83. The molecule has 0 amide bonds. The fourth-order valence-electron chi connectivity index (χ4n) is 2.73. The lowest BCUT2D eigenvalue weighted by atomic mass is 10.3. The number of hydrogen-bond donors (Lipinski definition) is 2. The molecule has 0 saturated carbocycles. The Morgan fingerprint density at radius 2 is 1.28 bits per heavy atom. The average Bonchev–Trinajstić information content (AvgIpc) is 2.74. The molecule has 2 N–H and O–H groups in total. The molecule has 0 radical (unpaired) electrons. The van der Waals surface area contributed by atoms with Crippen molar-refractivity contribution in [2.75, 3.05) is 43.5 Å². The lowest BCUT2D eigenvalue weighted by Gasteiger charge is -2.18. The van der Waals surface area contributed by atoms with Gasteiger partial charge in [-0.25, -0.2) is 0 Å². The van der Waals surface area contributed by atoms with Gasteiger partial charge in [-0.2, -0.15) is 0 Å². The van der Waals surface area contributed by atoms with E-state index in [1.165, 1.54) is 0 Å². The van der Waals surface area contributed by atoms with E-state index in [9.17, 15) is 0 Å². The Balaban J connectivity index is 1.75. The second kappa shape index (κ2) is 13.0. The largest absolute Gasteiger partial charge is 0.494 e. The van der Waals surface area contributed by atoms with E-state index in [2.05, 4.69) is 36.3 Å². The maximum Gasteiger partial charge on any atom is 0.175 e. The summed E-state index contributed by atoms with van der Waals surface area (Å²) in [6.45, 7) is 10.9. The van der Waals surface area contributed by atoms with Crippen molar-refractivity contribution in [2.45, 2.75) is 33.6 Å². The third-order valence-electron chi connectivity index (χ3n) is 4.56. The predicted octanol–water partition coefficient (Wildman–Crippen LogP) is 5.40. The Labute approximate surface area is 180 Å². The molecule has 29 heavy (non-hydrogen) atoms. The minimum atomic E-state index is 0.542. The first-order valence-corrected chi connectivity index (χ1v) is 10.8. The van der Waals surface area contributed by atoms with Crippen molar-refractivity contribution in [3.8, 4) is 11.5 Å². The summed E-state index contributed by atoms with van der Waals surface area (Å²) in [6, 6.07) is 15.7. The van der Waals surface area contributed by atoms with Gasteiger partial charge in [0.2, 0.25) is 0 Å². The fourth-order valence-corrected chi connectivity index (χ4v) is 2.96. The highest BCUT2D eigenvalue weighted by Crippen LogP contribution is 2.18. The van der Waals surface area contributed by atoms with Crippen LogP contribution in [0.5, 0.6) is 11.5 Å². The third kappa shape index (κ3) is 8.71. The van der Waals surface area contributed by atoms with Gasteiger partial charge in [-0.3, -0.25) is 0 Å². The molecule has 0 unspecified atom stereocenters. The van der Waals surface area contributed by atoms with Gasteiger partial charge in [0.15, 0.2) is 5.11 Å². The standard InChI is InChI=1S/C23H33N3O2S/c1-4-7-17-27-21-12-8-19(9-13-21)24-23(29)25-20-10-14-22(15-11-20)28-18-16-26(5-2)6-3/h8-15H,4-7,16-18H2,1-3H3,(H2,24,25,29). The second-order valence-electron chi connectivity index (χ2n) is 6.71. The van der Waals surface area contributed by atoms with Crippen LogP contribution in [-0.2, 0) is 0 Å². The quantitative estimate of drug-likeness (QED) is 0.358. The molecule has 0 fully saturated rings. The van der Waals surface area contributed by atoms with E-state index >= 15 is 0 Å². The van der Waals surface area contributed by atoms with Gasteiger partial charge >= 0.3 is 0 Å². The fraction of sp³-hybridized carbons (Fsp3) is 0.435. The van der Waals surface area contributed by atoms with E-state index in [4.69, 9.17) is 21.7 Å². The molecule has 0 saturated heterocycles. The summed E-state index contributed by atoms with van der Waals surface area (Å²) in [6.07, 6.45) is 2.19. The molecule has 2 rings (SSSR count). The van der Waals surface area contributed by atoms with E-state index in [1.54, 1.807) is 0 Å². The topological polar surface area (TPSA) is 45.8 Å². The molecule has 2 aromatic rings. The summed E-state index contributed by atoms with van der Waals surface area (Å²) < 4.78 is 11.5. The number of hydrogen-bond acceptors (Lipinski definition) is 4. The second-order valence-corrected chi connectivity index (χ2v) is 7.11. The van der Waals surface area contributed by atoms with E-state index in [0.717, 1.165) is 62.0 Å². The average molecular weight is 416 g/mol. The smallest absolute Gasteiger partial charge is 0.175 e. The maximum absolute atomic E-state index is 5.81. The molecule has 5 nitrogen and oxygen atoms in total. The minimum absolute atomic E-state index is 0.542. The molecule has 0 aromatic heterocycles. The molecule has 2 aromatic carbocycles. The summed E-state index contributed by atoms with van der Waals surface area (Å²) >= 11 is 5.40. The lowest BCUT2D eigenvalue weighted by Crippen LogP contribution is -2.27. The summed E-state index contributed by atoms with van der Waals surface area (Å²) in [5, 5.41) is 6.92. The summed E-state index contributed by atoms with van der Waals surface area (Å²) in [5.74, 6) is 1.74. The molecular formula is C23H33N3O2S. The number of ether oxygens (including phenoxy) is 2. The van der Waals surface area contributed by atoms with Crippen LogP contribution in [0, 0.1) is 0 Å². The maximum atomic E-state index is 5.81. The van der Waals surface area contributed by atoms with Gasteiger partial charge in [0.25, 0.3) is 0 Å². The van der Waals surface area contributed by atoms with Crippen molar-refractivity contribution in [2.24, 2.45) is 0 Å². The normalized spacial score (nSPS) is 10.6. The highest BCUT2D eigenvalue weighted by atomic mass is 32.1. The predicted molar refractivity (Wildman–Crippen MR) is 126 cm³/mol. The van der Waals surface area contributed by atoms with E-state index in [1.807, 2.05) is 48.5 Å². The van der Waals surface area contributed by atoms with Gasteiger partial charge in [0, 0.05) is 17.9 Å². The third-order valence-corrected chi connectivity index (χ3v) is 4.77.